The summed E-state index contributed by atoms with van der Waals surface area (Å²) in [5, 5.41) is 0. The first-order valence-electron chi connectivity index (χ1n) is 9.68. The molecule has 1 saturated heterocycles. The van der Waals surface area contributed by atoms with Crippen molar-refractivity contribution in [1.82, 2.24) is 9.21 Å². The van der Waals surface area contributed by atoms with Crippen molar-refractivity contribution in [3.05, 3.63) is 59.7 Å². The molecule has 2 aromatic carbocycles. The highest BCUT2D eigenvalue weighted by atomic mass is 32.2. The Morgan fingerprint density at radius 1 is 1.03 bits per heavy atom. The van der Waals surface area contributed by atoms with Crippen molar-refractivity contribution in [3.63, 3.8) is 0 Å². The van der Waals surface area contributed by atoms with Gasteiger partial charge in [-0.3, -0.25) is 4.79 Å². The molecule has 1 aliphatic heterocycles. The molecule has 1 fully saturated rings. The van der Waals surface area contributed by atoms with Crippen LogP contribution in [0.5, 0.6) is 5.75 Å². The van der Waals surface area contributed by atoms with E-state index in [-0.39, 0.29) is 37.0 Å². The summed E-state index contributed by atoms with van der Waals surface area (Å²) in [6, 6.07) is 10.7. The Hall–Kier alpha value is -2.59. The van der Waals surface area contributed by atoms with Crippen molar-refractivity contribution in [3.8, 4) is 5.75 Å². The summed E-state index contributed by atoms with van der Waals surface area (Å²) in [5.74, 6) is 0.317. The van der Waals surface area contributed by atoms with Gasteiger partial charge in [-0.15, -0.1) is 0 Å². The number of benzene rings is 2. The lowest BCUT2D eigenvalue weighted by atomic mass is 10.2. The molecule has 1 amide bonds. The molecule has 1 aliphatic rings. The third kappa shape index (κ3) is 5.37. The van der Waals surface area contributed by atoms with Gasteiger partial charge in [0.25, 0.3) is 5.91 Å². The quantitative estimate of drug-likeness (QED) is 0.693. The van der Waals surface area contributed by atoms with Gasteiger partial charge in [0.2, 0.25) is 10.0 Å². The molecule has 31 heavy (non-hydrogen) atoms. The zero-order chi connectivity index (χ0) is 22.8. The van der Waals surface area contributed by atoms with E-state index in [0.29, 0.717) is 5.75 Å². The maximum Gasteiger partial charge on any atom is 0.416 e. The molecular weight excluding hydrogens is 433 g/mol. The van der Waals surface area contributed by atoms with Gasteiger partial charge in [-0.1, -0.05) is 12.1 Å². The fraction of sp³-hybridized carbons (Fsp3) is 0.381. The summed E-state index contributed by atoms with van der Waals surface area (Å²) >= 11 is 0. The van der Waals surface area contributed by atoms with Crippen molar-refractivity contribution in [1.29, 1.82) is 0 Å². The van der Waals surface area contributed by atoms with Crippen LogP contribution in [0.3, 0.4) is 0 Å². The van der Waals surface area contributed by atoms with E-state index >= 15 is 0 Å². The van der Waals surface area contributed by atoms with Crippen molar-refractivity contribution >= 4 is 15.9 Å². The van der Waals surface area contributed by atoms with Crippen LogP contribution < -0.4 is 4.74 Å². The fourth-order valence-electron chi connectivity index (χ4n) is 3.31. The van der Waals surface area contributed by atoms with E-state index in [1.165, 1.54) is 9.21 Å². The average molecular weight is 456 g/mol. The second kappa shape index (κ2) is 8.88. The Morgan fingerprint density at radius 2 is 1.65 bits per heavy atom. The van der Waals surface area contributed by atoms with E-state index in [0.717, 1.165) is 29.8 Å². The molecule has 0 radical (unpaired) electrons. The topological polar surface area (TPSA) is 66.9 Å². The maximum absolute atomic E-state index is 12.7. The number of rotatable bonds is 5. The highest BCUT2D eigenvalue weighted by molar-refractivity contribution is 7.89. The van der Waals surface area contributed by atoms with Gasteiger partial charge in [0, 0.05) is 26.2 Å². The first-order chi connectivity index (χ1) is 14.5. The molecule has 1 heterocycles. The lowest BCUT2D eigenvalue weighted by Gasteiger charge is -2.35. The van der Waals surface area contributed by atoms with E-state index in [1.807, 2.05) is 25.1 Å². The van der Waals surface area contributed by atoms with Crippen LogP contribution in [0.15, 0.2) is 53.4 Å². The van der Waals surface area contributed by atoms with Gasteiger partial charge in [-0.25, -0.2) is 8.42 Å². The van der Waals surface area contributed by atoms with Crippen LogP contribution in [-0.2, 0) is 21.0 Å². The summed E-state index contributed by atoms with van der Waals surface area (Å²) in [5.41, 5.74) is 0.0868. The van der Waals surface area contributed by atoms with Crippen LogP contribution in [0.4, 0.5) is 13.2 Å². The molecule has 3 rings (SSSR count). The minimum atomic E-state index is -4.54. The summed E-state index contributed by atoms with van der Waals surface area (Å²) in [6.45, 7) is 3.98. The Morgan fingerprint density at radius 3 is 2.19 bits per heavy atom. The van der Waals surface area contributed by atoms with Gasteiger partial charge in [-0.05, 0) is 55.8 Å². The Labute approximate surface area is 179 Å². The summed E-state index contributed by atoms with van der Waals surface area (Å²) in [4.78, 5) is 14.0. The summed E-state index contributed by atoms with van der Waals surface area (Å²) in [6.07, 6.45) is -5.27. The number of aryl methyl sites for hydroxylation is 1. The van der Waals surface area contributed by atoms with Crippen molar-refractivity contribution in [2.45, 2.75) is 31.0 Å². The number of hydrogen-bond donors (Lipinski definition) is 0. The molecule has 0 spiro atoms. The molecule has 1 atom stereocenters. The second-order valence-electron chi connectivity index (χ2n) is 7.33. The average Bonchev–Trinajstić information content (AvgIpc) is 2.73. The highest BCUT2D eigenvalue weighted by Crippen LogP contribution is 2.30. The van der Waals surface area contributed by atoms with E-state index in [2.05, 4.69) is 0 Å². The molecule has 0 bridgehead atoms. The van der Waals surface area contributed by atoms with Gasteiger partial charge >= 0.3 is 6.18 Å². The summed E-state index contributed by atoms with van der Waals surface area (Å²) in [7, 11) is -3.95. The van der Waals surface area contributed by atoms with E-state index in [4.69, 9.17) is 4.74 Å². The second-order valence-corrected chi connectivity index (χ2v) is 9.27. The molecule has 0 aromatic heterocycles. The molecule has 0 aliphatic carbocycles. The number of piperazine rings is 1. The van der Waals surface area contributed by atoms with Crippen LogP contribution in [0.1, 0.15) is 18.1 Å². The Kier molecular flexibility index (Phi) is 6.61. The molecule has 168 valence electrons. The zero-order valence-electron chi connectivity index (χ0n) is 17.1. The number of carbonyl (C=O) groups excluding carboxylic acids is 1. The minimum Gasteiger partial charge on any atom is -0.481 e. The zero-order valence-corrected chi connectivity index (χ0v) is 17.9. The molecular formula is C21H23F3N2O4S. The van der Waals surface area contributed by atoms with Crippen LogP contribution in [0.25, 0.3) is 0 Å². The molecule has 10 heteroatoms. The van der Waals surface area contributed by atoms with Crippen LogP contribution in [0.2, 0.25) is 0 Å². The number of halogens is 3. The van der Waals surface area contributed by atoms with E-state index < -0.39 is 27.9 Å². The minimum absolute atomic E-state index is 0.0479. The highest BCUT2D eigenvalue weighted by Gasteiger charge is 2.34. The fourth-order valence-corrected chi connectivity index (χ4v) is 4.74. The number of sulfonamides is 1. The number of carbonyl (C=O) groups is 1. The number of amides is 1. The normalized spacial score (nSPS) is 16.7. The number of hydrogen-bond acceptors (Lipinski definition) is 4. The maximum atomic E-state index is 12.7. The van der Waals surface area contributed by atoms with E-state index in [1.54, 1.807) is 13.0 Å². The molecule has 0 N–H and O–H groups in total. The molecule has 6 nitrogen and oxygen atoms in total. The SMILES string of the molecule is Cc1cccc(OC(C)C(=O)N2CCN(S(=O)(=O)c3ccc(C(F)(F)F)cc3)CC2)c1. The van der Waals surface area contributed by atoms with Crippen LogP contribution >= 0.6 is 0 Å². The van der Waals surface area contributed by atoms with Crippen molar-refractivity contribution < 1.29 is 31.1 Å². The number of nitrogens with zero attached hydrogens (tertiary/aromatic N) is 2. The monoisotopic (exact) mass is 456 g/mol. The first kappa shape index (κ1) is 23.1. The third-order valence-electron chi connectivity index (χ3n) is 5.02. The molecule has 0 saturated carbocycles. The lowest BCUT2D eigenvalue weighted by molar-refractivity contribution is -0.139. The van der Waals surface area contributed by atoms with Gasteiger partial charge in [-0.2, -0.15) is 17.5 Å². The number of alkyl halides is 3. The largest absolute Gasteiger partial charge is 0.481 e. The third-order valence-corrected chi connectivity index (χ3v) is 6.93. The van der Waals surface area contributed by atoms with Gasteiger partial charge in [0.1, 0.15) is 5.75 Å². The first-order valence-corrected chi connectivity index (χ1v) is 11.1. The molecule has 1 unspecified atom stereocenters. The van der Waals surface area contributed by atoms with E-state index in [9.17, 15) is 26.4 Å². The standard InChI is InChI=1S/C21H23F3N2O4S/c1-15-4-3-5-18(14-15)30-16(2)20(27)25-10-12-26(13-11-25)31(28,29)19-8-6-17(7-9-19)21(22,23)24/h3-9,14,16H,10-13H2,1-2H3. The Bertz CT molecular complexity index is 1030. The predicted octanol–water partition coefficient (Wildman–Crippen LogP) is 3.31. The molecule has 2 aromatic rings. The van der Waals surface area contributed by atoms with Crippen LogP contribution in [-0.4, -0.2) is 55.8 Å². The Balaban J connectivity index is 1.61. The lowest BCUT2D eigenvalue weighted by Crippen LogP contribution is -2.53. The van der Waals surface area contributed by atoms with Crippen molar-refractivity contribution in [2.75, 3.05) is 26.2 Å². The summed E-state index contributed by atoms with van der Waals surface area (Å²) < 4.78 is 70.5. The van der Waals surface area contributed by atoms with Gasteiger partial charge in [0.15, 0.2) is 6.10 Å². The van der Waals surface area contributed by atoms with Gasteiger partial charge in [0.05, 0.1) is 10.5 Å². The smallest absolute Gasteiger partial charge is 0.416 e. The predicted molar refractivity (Wildman–Crippen MR) is 108 cm³/mol. The van der Waals surface area contributed by atoms with Crippen LogP contribution in [0, 0.1) is 6.92 Å². The number of ether oxygens (including phenoxy) is 1. The van der Waals surface area contributed by atoms with Gasteiger partial charge < -0.3 is 9.64 Å². The van der Waals surface area contributed by atoms with Crippen molar-refractivity contribution in [2.24, 2.45) is 0 Å².